The number of hydrogen-bond acceptors (Lipinski definition) is 1. The third-order valence-electron chi connectivity index (χ3n) is 1.83. The van der Waals surface area contributed by atoms with Crippen molar-refractivity contribution in [3.63, 3.8) is 0 Å². The molecule has 3 heteroatoms. The highest BCUT2D eigenvalue weighted by atomic mass is 16.4. The van der Waals surface area contributed by atoms with Gasteiger partial charge in [0.2, 0.25) is 0 Å². The lowest BCUT2D eigenvalue weighted by Gasteiger charge is -2.22. The summed E-state index contributed by atoms with van der Waals surface area (Å²) in [6.07, 6.45) is 0.222. The van der Waals surface area contributed by atoms with E-state index in [4.69, 9.17) is 5.11 Å². The lowest BCUT2D eigenvalue weighted by Crippen LogP contribution is -2.34. The number of carboxylic acids is 1. The zero-order valence-corrected chi connectivity index (χ0v) is 9.90. The molecule has 0 saturated carbocycles. The quantitative estimate of drug-likeness (QED) is 0.761. The molecule has 0 amide bonds. The molecule has 0 unspecified atom stereocenters. The van der Waals surface area contributed by atoms with Gasteiger partial charge >= 0.3 is 5.97 Å². The van der Waals surface area contributed by atoms with E-state index in [1.165, 1.54) is 5.69 Å². The summed E-state index contributed by atoms with van der Waals surface area (Å²) < 4.78 is 0.890. The molecule has 0 atom stereocenters. The van der Waals surface area contributed by atoms with Crippen LogP contribution in [-0.4, -0.2) is 32.2 Å². The molecule has 0 radical (unpaired) electrons. The Morgan fingerprint density at radius 3 is 1.80 bits per heavy atom. The number of carboxylic acid groups (broad SMARTS) is 1. The van der Waals surface area contributed by atoms with E-state index in [-0.39, 0.29) is 6.42 Å². The average molecular weight is 210 g/mol. The number of carbonyl (C=O) groups is 1. The van der Waals surface area contributed by atoms with E-state index in [1.807, 2.05) is 6.07 Å². The second-order valence-electron chi connectivity index (χ2n) is 4.10. The van der Waals surface area contributed by atoms with Crippen LogP contribution in [0.4, 0.5) is 5.69 Å². The number of hydrogen-bond donors (Lipinski definition) is 1. The molecule has 84 valence electrons. The first-order valence-corrected chi connectivity index (χ1v) is 4.96. The minimum Gasteiger partial charge on any atom is -0.481 e. The van der Waals surface area contributed by atoms with Crippen molar-refractivity contribution in [1.82, 2.24) is 4.48 Å². The fourth-order valence-electron chi connectivity index (χ4n) is 0.875. The number of aliphatic carboxylic acids is 1. The molecule has 1 N–H and O–H groups in total. The van der Waals surface area contributed by atoms with Gasteiger partial charge in [0.25, 0.3) is 0 Å². The summed E-state index contributed by atoms with van der Waals surface area (Å²) in [4.78, 5) is 9.37. The zero-order chi connectivity index (χ0) is 11.9. The molecule has 15 heavy (non-hydrogen) atoms. The molecule has 0 saturated heterocycles. The summed E-state index contributed by atoms with van der Waals surface area (Å²) in [6.45, 7) is 1.60. The average Bonchev–Trinajstić information content (AvgIpc) is 2.19. The lowest BCUT2D eigenvalue weighted by atomic mass is 10.3. The van der Waals surface area contributed by atoms with Gasteiger partial charge in [-0.3, -0.25) is 9.28 Å². The maximum Gasteiger partial charge on any atom is 0.303 e. The predicted molar refractivity (Wildman–Crippen MR) is 63.9 cm³/mol. The van der Waals surface area contributed by atoms with Gasteiger partial charge in [-0.1, -0.05) is 25.1 Å². The highest BCUT2D eigenvalue weighted by molar-refractivity contribution is 5.66. The molecule has 1 aromatic carbocycles. The molecule has 0 bridgehead atoms. The molecule has 0 heterocycles. The summed E-state index contributed by atoms with van der Waals surface area (Å²) in [6, 6.07) is 10.5. The van der Waals surface area contributed by atoms with Crippen LogP contribution in [0.1, 0.15) is 13.3 Å². The third-order valence-corrected chi connectivity index (χ3v) is 1.83. The summed E-state index contributed by atoms with van der Waals surface area (Å²) >= 11 is 0. The highest BCUT2D eigenvalue weighted by Gasteiger charge is 2.08. The van der Waals surface area contributed by atoms with E-state index in [0.29, 0.717) is 0 Å². The Balaban J connectivity index is 0.000000336. The van der Waals surface area contributed by atoms with Gasteiger partial charge in [-0.2, -0.15) is 0 Å². The Hall–Kier alpha value is -1.35. The molecule has 0 aliphatic carbocycles. The number of benzene rings is 1. The molecular weight excluding hydrogens is 190 g/mol. The third kappa shape index (κ3) is 6.69. The Bertz CT molecular complexity index is 288. The molecule has 0 aliphatic rings. The molecule has 0 aliphatic heterocycles. The fraction of sp³-hybridized carbons (Fsp3) is 0.417. The van der Waals surface area contributed by atoms with Crippen molar-refractivity contribution in [1.29, 1.82) is 0 Å². The predicted octanol–water partition coefficient (Wildman–Crippen LogP) is 2.36. The van der Waals surface area contributed by atoms with Gasteiger partial charge in [-0.05, 0) is 12.1 Å². The molecule has 3 nitrogen and oxygen atoms in total. The Morgan fingerprint density at radius 1 is 1.20 bits per heavy atom. The van der Waals surface area contributed by atoms with Gasteiger partial charge in [0.05, 0.1) is 21.1 Å². The van der Waals surface area contributed by atoms with Crippen molar-refractivity contribution >= 4 is 11.7 Å². The van der Waals surface area contributed by atoms with Crippen LogP contribution in [0.3, 0.4) is 0 Å². The normalized spacial score (nSPS) is 10.1. The van der Waals surface area contributed by atoms with Crippen LogP contribution in [0.25, 0.3) is 0 Å². The van der Waals surface area contributed by atoms with Gasteiger partial charge in [0, 0.05) is 6.42 Å². The standard InChI is InChI=1S/C9H14N.C3H6O2/c1-10(2,3)9-7-5-4-6-8-9;1-2-3(4)5/h4-8H,1-3H3;2H2,1H3,(H,4,5)/q+1;. The molecule has 1 aromatic rings. The minimum absolute atomic E-state index is 0.222. The van der Waals surface area contributed by atoms with Crippen LogP contribution >= 0.6 is 0 Å². The van der Waals surface area contributed by atoms with Crippen LogP contribution in [-0.2, 0) is 4.79 Å². The first-order chi connectivity index (χ1) is 6.88. The van der Waals surface area contributed by atoms with Crippen molar-refractivity contribution in [2.24, 2.45) is 0 Å². The SMILES string of the molecule is CCC(=O)O.C[N+](C)(C)c1ccccc1. The van der Waals surface area contributed by atoms with Crippen LogP contribution in [0.5, 0.6) is 0 Å². The Morgan fingerprint density at radius 2 is 1.60 bits per heavy atom. The van der Waals surface area contributed by atoms with Crippen molar-refractivity contribution in [2.45, 2.75) is 13.3 Å². The first kappa shape index (κ1) is 13.7. The van der Waals surface area contributed by atoms with Crippen LogP contribution in [0.2, 0.25) is 0 Å². The molecule has 0 fully saturated rings. The second-order valence-corrected chi connectivity index (χ2v) is 4.10. The van der Waals surface area contributed by atoms with Gasteiger partial charge < -0.3 is 5.11 Å². The molecular formula is C12H20NO2+. The second kappa shape index (κ2) is 6.19. The topological polar surface area (TPSA) is 37.3 Å². The summed E-state index contributed by atoms with van der Waals surface area (Å²) in [5.74, 6) is -0.745. The summed E-state index contributed by atoms with van der Waals surface area (Å²) in [5, 5.41) is 7.72. The number of quaternary nitrogens is 1. The van der Waals surface area contributed by atoms with Crippen LogP contribution < -0.4 is 4.48 Å². The Kier molecular flexibility index (Phi) is 5.64. The van der Waals surface area contributed by atoms with Crippen molar-refractivity contribution < 1.29 is 9.90 Å². The highest BCUT2D eigenvalue weighted by Crippen LogP contribution is 2.14. The van der Waals surface area contributed by atoms with Crippen LogP contribution in [0.15, 0.2) is 30.3 Å². The lowest BCUT2D eigenvalue weighted by molar-refractivity contribution is -0.136. The van der Waals surface area contributed by atoms with Crippen molar-refractivity contribution in [2.75, 3.05) is 21.1 Å². The number of rotatable bonds is 2. The number of nitrogens with zero attached hydrogens (tertiary/aromatic N) is 1. The van der Waals surface area contributed by atoms with Crippen LogP contribution in [0, 0.1) is 0 Å². The monoisotopic (exact) mass is 210 g/mol. The van der Waals surface area contributed by atoms with E-state index in [9.17, 15) is 4.79 Å². The van der Waals surface area contributed by atoms with Gasteiger partial charge in [0.15, 0.2) is 0 Å². The first-order valence-electron chi connectivity index (χ1n) is 4.96. The summed E-state index contributed by atoms with van der Waals surface area (Å²) in [7, 11) is 6.49. The van der Waals surface area contributed by atoms with Gasteiger partial charge in [-0.15, -0.1) is 0 Å². The van der Waals surface area contributed by atoms with E-state index < -0.39 is 5.97 Å². The van der Waals surface area contributed by atoms with Gasteiger partial charge in [0.1, 0.15) is 5.69 Å². The maximum atomic E-state index is 9.37. The van der Waals surface area contributed by atoms with E-state index in [0.717, 1.165) is 4.48 Å². The van der Waals surface area contributed by atoms with E-state index >= 15 is 0 Å². The molecule has 0 spiro atoms. The minimum atomic E-state index is -0.745. The zero-order valence-electron chi connectivity index (χ0n) is 9.90. The largest absolute Gasteiger partial charge is 0.481 e. The van der Waals surface area contributed by atoms with Crippen molar-refractivity contribution in [3.8, 4) is 0 Å². The fourth-order valence-corrected chi connectivity index (χ4v) is 0.875. The van der Waals surface area contributed by atoms with E-state index in [1.54, 1.807) is 6.92 Å². The Labute approximate surface area is 91.6 Å². The van der Waals surface area contributed by atoms with Crippen molar-refractivity contribution in [3.05, 3.63) is 30.3 Å². The molecule has 0 aromatic heterocycles. The summed E-state index contributed by atoms with van der Waals surface area (Å²) in [5.41, 5.74) is 1.34. The smallest absolute Gasteiger partial charge is 0.303 e. The maximum absolute atomic E-state index is 9.37. The number of para-hydroxylation sites is 1. The molecule has 1 rings (SSSR count). The van der Waals surface area contributed by atoms with E-state index in [2.05, 4.69) is 45.4 Å². The van der Waals surface area contributed by atoms with Gasteiger partial charge in [-0.25, -0.2) is 0 Å².